The SMILES string of the molecule is c1ccc(-c2ccc3sc4cc(N(c5ccccc5-c5cccc(-n6c7ccccc7c7ccccc76)c5)c5cc6ccccc6c6ccccc56)ccc4c3c2)cc1. The zero-order valence-corrected chi connectivity index (χ0v) is 32.9. The molecule has 10 aromatic carbocycles. The number of para-hydroxylation sites is 3. The van der Waals surface area contributed by atoms with Gasteiger partial charge in [0, 0.05) is 53.3 Å². The zero-order valence-electron chi connectivity index (χ0n) is 32.1. The fourth-order valence-corrected chi connectivity index (χ4v) is 10.4. The van der Waals surface area contributed by atoms with Crippen molar-refractivity contribution in [2.45, 2.75) is 0 Å². The van der Waals surface area contributed by atoms with Gasteiger partial charge >= 0.3 is 0 Å². The molecular formula is C56H36N2S. The van der Waals surface area contributed by atoms with Gasteiger partial charge in [0.05, 0.1) is 22.4 Å². The Kier molecular flexibility index (Phi) is 7.75. The van der Waals surface area contributed by atoms with Gasteiger partial charge in [-0.25, -0.2) is 0 Å². The Morgan fingerprint density at radius 1 is 0.339 bits per heavy atom. The molecule has 12 aromatic rings. The number of benzene rings is 10. The van der Waals surface area contributed by atoms with E-state index in [1.54, 1.807) is 0 Å². The second kappa shape index (κ2) is 13.6. The summed E-state index contributed by atoms with van der Waals surface area (Å²) in [5, 5.41) is 10.0. The van der Waals surface area contributed by atoms with E-state index in [1.807, 2.05) is 11.3 Å². The minimum absolute atomic E-state index is 1.12. The van der Waals surface area contributed by atoms with Gasteiger partial charge in [-0.15, -0.1) is 11.3 Å². The lowest BCUT2D eigenvalue weighted by Gasteiger charge is -2.29. The van der Waals surface area contributed by atoms with Crippen molar-refractivity contribution in [3.05, 3.63) is 218 Å². The van der Waals surface area contributed by atoms with E-state index in [2.05, 4.69) is 228 Å². The van der Waals surface area contributed by atoms with Crippen LogP contribution in [0, 0.1) is 0 Å². The van der Waals surface area contributed by atoms with Crippen LogP contribution in [0.15, 0.2) is 218 Å². The summed E-state index contributed by atoms with van der Waals surface area (Å²) in [5.41, 5.74) is 11.7. The topological polar surface area (TPSA) is 8.17 Å². The van der Waals surface area contributed by atoms with Crippen LogP contribution in [0.4, 0.5) is 17.1 Å². The summed E-state index contributed by atoms with van der Waals surface area (Å²) >= 11 is 1.87. The summed E-state index contributed by atoms with van der Waals surface area (Å²) in [6, 6.07) is 80.1. The predicted molar refractivity (Wildman–Crippen MR) is 254 cm³/mol. The molecule has 59 heavy (non-hydrogen) atoms. The molecule has 0 fully saturated rings. The smallest absolute Gasteiger partial charge is 0.0546 e. The van der Waals surface area contributed by atoms with E-state index in [0.717, 1.165) is 33.9 Å². The molecule has 3 heteroatoms. The number of fused-ring (bicyclic) bond motifs is 9. The molecule has 0 aliphatic heterocycles. The second-order valence-corrected chi connectivity index (χ2v) is 16.4. The van der Waals surface area contributed by atoms with Crippen LogP contribution in [-0.2, 0) is 0 Å². The lowest BCUT2D eigenvalue weighted by atomic mass is 9.97. The van der Waals surface area contributed by atoms with Crippen molar-refractivity contribution in [1.82, 2.24) is 4.57 Å². The highest BCUT2D eigenvalue weighted by Gasteiger charge is 2.22. The molecule has 0 atom stereocenters. The minimum atomic E-state index is 1.12. The molecule has 0 saturated carbocycles. The molecule has 2 aromatic heterocycles. The quantitative estimate of drug-likeness (QED) is 0.153. The maximum absolute atomic E-state index is 2.50. The highest BCUT2D eigenvalue weighted by atomic mass is 32.1. The average molecular weight is 769 g/mol. The molecule has 0 aliphatic carbocycles. The minimum Gasteiger partial charge on any atom is -0.309 e. The van der Waals surface area contributed by atoms with Crippen molar-refractivity contribution in [2.24, 2.45) is 0 Å². The van der Waals surface area contributed by atoms with Gasteiger partial charge in [-0.1, -0.05) is 158 Å². The zero-order chi connectivity index (χ0) is 38.9. The lowest BCUT2D eigenvalue weighted by molar-refractivity contribution is 1.18. The first-order chi connectivity index (χ1) is 29.3. The van der Waals surface area contributed by atoms with E-state index >= 15 is 0 Å². The van der Waals surface area contributed by atoms with Crippen LogP contribution < -0.4 is 4.90 Å². The maximum Gasteiger partial charge on any atom is 0.0546 e. The fraction of sp³-hybridized carbons (Fsp3) is 0. The lowest BCUT2D eigenvalue weighted by Crippen LogP contribution is -2.12. The summed E-state index contributed by atoms with van der Waals surface area (Å²) in [4.78, 5) is 2.50. The van der Waals surface area contributed by atoms with E-state index in [4.69, 9.17) is 0 Å². The largest absolute Gasteiger partial charge is 0.309 e. The number of hydrogen-bond donors (Lipinski definition) is 0. The Morgan fingerprint density at radius 2 is 1.00 bits per heavy atom. The van der Waals surface area contributed by atoms with Crippen molar-refractivity contribution in [1.29, 1.82) is 0 Å². The Morgan fingerprint density at radius 3 is 1.81 bits per heavy atom. The number of hydrogen-bond acceptors (Lipinski definition) is 2. The number of aromatic nitrogens is 1. The maximum atomic E-state index is 2.50. The molecule has 0 spiro atoms. The first kappa shape index (κ1) is 33.7. The molecule has 0 radical (unpaired) electrons. The van der Waals surface area contributed by atoms with Crippen LogP contribution in [0.2, 0.25) is 0 Å². The molecule has 0 unspecified atom stereocenters. The second-order valence-electron chi connectivity index (χ2n) is 15.3. The molecular weight excluding hydrogens is 733 g/mol. The summed E-state index contributed by atoms with van der Waals surface area (Å²) < 4.78 is 4.97. The molecule has 2 heterocycles. The van der Waals surface area contributed by atoms with Gasteiger partial charge in [-0.3, -0.25) is 0 Å². The van der Waals surface area contributed by atoms with Gasteiger partial charge in [-0.2, -0.15) is 0 Å². The van der Waals surface area contributed by atoms with Gasteiger partial charge in [0.15, 0.2) is 0 Å². The van der Waals surface area contributed by atoms with Gasteiger partial charge < -0.3 is 9.47 Å². The fourth-order valence-electron chi connectivity index (χ4n) is 9.27. The van der Waals surface area contributed by atoms with E-state index < -0.39 is 0 Å². The number of nitrogens with zero attached hydrogens (tertiary/aromatic N) is 2. The van der Waals surface area contributed by atoms with Gasteiger partial charge in [0.1, 0.15) is 0 Å². The molecule has 0 aliphatic rings. The van der Waals surface area contributed by atoms with Crippen molar-refractivity contribution in [3.63, 3.8) is 0 Å². The summed E-state index contributed by atoms with van der Waals surface area (Å²) in [5.74, 6) is 0. The highest BCUT2D eigenvalue weighted by Crippen LogP contribution is 2.47. The van der Waals surface area contributed by atoms with Crippen molar-refractivity contribution >= 4 is 91.9 Å². The molecule has 2 nitrogen and oxygen atoms in total. The van der Waals surface area contributed by atoms with Crippen molar-refractivity contribution in [2.75, 3.05) is 4.90 Å². The van der Waals surface area contributed by atoms with Crippen LogP contribution in [0.5, 0.6) is 0 Å². The molecule has 0 amide bonds. The normalized spacial score (nSPS) is 11.7. The molecule has 0 saturated heterocycles. The molecule has 0 bridgehead atoms. The number of thiophene rings is 1. The Bertz CT molecular complexity index is 3520. The monoisotopic (exact) mass is 768 g/mol. The third-order valence-corrected chi connectivity index (χ3v) is 13.1. The summed E-state index contributed by atoms with van der Waals surface area (Å²) in [6.45, 7) is 0. The van der Waals surface area contributed by atoms with Crippen LogP contribution in [0.1, 0.15) is 0 Å². The molecule has 12 rings (SSSR count). The summed E-state index contributed by atoms with van der Waals surface area (Å²) in [7, 11) is 0. The summed E-state index contributed by atoms with van der Waals surface area (Å²) in [6.07, 6.45) is 0. The van der Waals surface area contributed by atoms with E-state index in [0.29, 0.717) is 0 Å². The standard InChI is InChI=1S/C56H36N2S/c1-2-15-37(16-3-1)38-29-32-55-50(34-38)49-31-30-42(36-56(49)59-55)58(54-35-40-17-4-5-20-43(40)45-22-6-7-23-46(45)54)51-26-11-8-21-44(51)39-18-14-19-41(33-39)57-52-27-12-9-24-47(52)48-25-10-13-28-53(48)57/h1-36H. The van der Waals surface area contributed by atoms with Crippen LogP contribution in [-0.4, -0.2) is 4.57 Å². The van der Waals surface area contributed by atoms with Crippen LogP contribution in [0.3, 0.4) is 0 Å². The molecule has 0 N–H and O–H groups in total. The van der Waals surface area contributed by atoms with E-state index in [1.165, 1.54) is 74.6 Å². The Balaban J connectivity index is 1.09. The first-order valence-electron chi connectivity index (χ1n) is 20.2. The van der Waals surface area contributed by atoms with E-state index in [-0.39, 0.29) is 0 Å². The Labute approximate surface area is 346 Å². The van der Waals surface area contributed by atoms with Crippen molar-refractivity contribution < 1.29 is 0 Å². The number of rotatable bonds is 6. The first-order valence-corrected chi connectivity index (χ1v) is 21.0. The number of anilines is 3. The van der Waals surface area contributed by atoms with Gasteiger partial charge in [0.25, 0.3) is 0 Å². The average Bonchev–Trinajstić information content (AvgIpc) is 3.85. The van der Waals surface area contributed by atoms with Gasteiger partial charge in [-0.05, 0) is 93.5 Å². The van der Waals surface area contributed by atoms with Gasteiger partial charge in [0.2, 0.25) is 0 Å². The van der Waals surface area contributed by atoms with Crippen molar-refractivity contribution in [3.8, 4) is 27.9 Å². The third kappa shape index (κ3) is 5.47. The molecule has 276 valence electrons. The Hall–Kier alpha value is -7.46. The third-order valence-electron chi connectivity index (χ3n) is 11.9. The highest BCUT2D eigenvalue weighted by molar-refractivity contribution is 7.25. The van der Waals surface area contributed by atoms with E-state index in [9.17, 15) is 0 Å². The van der Waals surface area contributed by atoms with Crippen LogP contribution in [0.25, 0.3) is 91.5 Å². The predicted octanol–water partition coefficient (Wildman–Crippen LogP) is 16.3. The van der Waals surface area contributed by atoms with Crippen LogP contribution >= 0.6 is 11.3 Å².